The van der Waals surface area contributed by atoms with Crippen molar-refractivity contribution < 1.29 is 23.6 Å². The van der Waals surface area contributed by atoms with E-state index in [0.717, 1.165) is 6.42 Å². The molecule has 0 bridgehead atoms. The second-order valence-corrected chi connectivity index (χ2v) is 4.76. The van der Waals surface area contributed by atoms with Crippen molar-refractivity contribution in [2.75, 3.05) is 19.8 Å². The standard InChI is InChI=1S/C11H17O5P/c12-17(13,14)16-9-4-8-15-10-7-11-5-2-1-3-6-11/h1-3,5-6H,4,7-10H2,(H2,12,13,14). The van der Waals surface area contributed by atoms with E-state index in [4.69, 9.17) is 14.5 Å². The fourth-order valence-electron chi connectivity index (χ4n) is 1.28. The number of phosphoric ester groups is 1. The molecule has 0 saturated carbocycles. The molecule has 6 heteroatoms. The normalized spacial score (nSPS) is 11.6. The van der Waals surface area contributed by atoms with E-state index in [2.05, 4.69) is 4.52 Å². The molecule has 2 N–H and O–H groups in total. The van der Waals surface area contributed by atoms with Gasteiger partial charge in [0, 0.05) is 6.61 Å². The van der Waals surface area contributed by atoms with Crippen LogP contribution in [0.3, 0.4) is 0 Å². The van der Waals surface area contributed by atoms with Gasteiger partial charge in [-0.15, -0.1) is 0 Å². The Balaban J connectivity index is 1.97. The van der Waals surface area contributed by atoms with Crippen molar-refractivity contribution in [1.82, 2.24) is 0 Å². The van der Waals surface area contributed by atoms with Crippen LogP contribution in [-0.2, 0) is 20.2 Å². The number of rotatable bonds is 8. The van der Waals surface area contributed by atoms with Crippen LogP contribution < -0.4 is 0 Å². The van der Waals surface area contributed by atoms with Gasteiger partial charge in [0.2, 0.25) is 0 Å². The van der Waals surface area contributed by atoms with Gasteiger partial charge in [0.15, 0.2) is 0 Å². The Labute approximate surface area is 101 Å². The number of hydrogen-bond donors (Lipinski definition) is 2. The van der Waals surface area contributed by atoms with Crippen LogP contribution in [-0.4, -0.2) is 29.6 Å². The Bertz CT molecular complexity index is 348. The van der Waals surface area contributed by atoms with Crippen LogP contribution in [0.15, 0.2) is 30.3 Å². The summed E-state index contributed by atoms with van der Waals surface area (Å²) in [6, 6.07) is 9.97. The predicted octanol–water partition coefficient (Wildman–Crippen LogP) is 1.75. The minimum atomic E-state index is -4.32. The Morgan fingerprint density at radius 2 is 1.76 bits per heavy atom. The zero-order chi connectivity index (χ0) is 12.6. The molecule has 1 rings (SSSR count). The average molecular weight is 260 g/mol. The second-order valence-electron chi connectivity index (χ2n) is 3.53. The molecule has 0 atom stereocenters. The molecule has 1 aromatic carbocycles. The Kier molecular flexibility index (Phi) is 6.40. The maximum absolute atomic E-state index is 10.3. The number of benzene rings is 1. The summed E-state index contributed by atoms with van der Waals surface area (Å²) in [5, 5.41) is 0. The lowest BCUT2D eigenvalue weighted by molar-refractivity contribution is 0.113. The van der Waals surface area contributed by atoms with Crippen LogP contribution in [0.25, 0.3) is 0 Å². The predicted molar refractivity (Wildman–Crippen MR) is 63.6 cm³/mol. The van der Waals surface area contributed by atoms with Crippen LogP contribution in [0.4, 0.5) is 0 Å². The SMILES string of the molecule is O=P(O)(O)OCCCOCCc1ccccc1. The van der Waals surface area contributed by atoms with Crippen molar-refractivity contribution >= 4 is 7.82 Å². The van der Waals surface area contributed by atoms with Gasteiger partial charge in [-0.2, -0.15) is 0 Å². The fourth-order valence-corrected chi connectivity index (χ4v) is 1.65. The Morgan fingerprint density at radius 3 is 2.41 bits per heavy atom. The summed E-state index contributed by atoms with van der Waals surface area (Å²) in [5.41, 5.74) is 1.21. The van der Waals surface area contributed by atoms with Gasteiger partial charge in [0.05, 0.1) is 13.2 Å². The first-order valence-corrected chi connectivity index (χ1v) is 6.93. The quantitative estimate of drug-likeness (QED) is 0.550. The first-order valence-electron chi connectivity index (χ1n) is 5.40. The minimum absolute atomic E-state index is 0.00954. The van der Waals surface area contributed by atoms with E-state index in [1.54, 1.807) is 0 Å². The van der Waals surface area contributed by atoms with Crippen molar-refractivity contribution in [3.05, 3.63) is 35.9 Å². The lowest BCUT2D eigenvalue weighted by Crippen LogP contribution is -2.03. The molecular weight excluding hydrogens is 243 g/mol. The summed E-state index contributed by atoms with van der Waals surface area (Å²) in [6.07, 6.45) is 1.31. The smallest absolute Gasteiger partial charge is 0.381 e. The largest absolute Gasteiger partial charge is 0.469 e. The molecular formula is C11H17O5P. The molecule has 0 fully saturated rings. The molecule has 0 aliphatic carbocycles. The average Bonchev–Trinajstić information content (AvgIpc) is 2.28. The molecule has 96 valence electrons. The molecule has 5 nitrogen and oxygen atoms in total. The van der Waals surface area contributed by atoms with E-state index >= 15 is 0 Å². The Morgan fingerprint density at radius 1 is 1.06 bits per heavy atom. The maximum atomic E-state index is 10.3. The van der Waals surface area contributed by atoms with E-state index in [-0.39, 0.29) is 6.61 Å². The second kappa shape index (κ2) is 7.58. The van der Waals surface area contributed by atoms with Crippen LogP contribution in [0.2, 0.25) is 0 Å². The van der Waals surface area contributed by atoms with Crippen molar-refractivity contribution in [3.8, 4) is 0 Å². The summed E-state index contributed by atoms with van der Waals surface area (Å²) < 4.78 is 19.9. The van der Waals surface area contributed by atoms with E-state index in [1.165, 1.54) is 5.56 Å². The molecule has 1 aromatic rings. The number of hydrogen-bond acceptors (Lipinski definition) is 3. The monoisotopic (exact) mass is 260 g/mol. The number of phosphoric acid groups is 1. The van der Waals surface area contributed by atoms with Crippen LogP contribution in [0.1, 0.15) is 12.0 Å². The molecule has 17 heavy (non-hydrogen) atoms. The Hall–Kier alpha value is -0.710. The van der Waals surface area contributed by atoms with Gasteiger partial charge in [-0.05, 0) is 18.4 Å². The van der Waals surface area contributed by atoms with Gasteiger partial charge in [0.25, 0.3) is 0 Å². The summed E-state index contributed by atoms with van der Waals surface area (Å²) >= 11 is 0. The minimum Gasteiger partial charge on any atom is -0.381 e. The molecule has 0 saturated heterocycles. The summed E-state index contributed by atoms with van der Waals surface area (Å²) in [5.74, 6) is 0. The maximum Gasteiger partial charge on any atom is 0.469 e. The van der Waals surface area contributed by atoms with E-state index < -0.39 is 7.82 Å². The molecule has 0 heterocycles. The molecule has 0 radical (unpaired) electrons. The highest BCUT2D eigenvalue weighted by molar-refractivity contribution is 7.46. The van der Waals surface area contributed by atoms with E-state index in [0.29, 0.717) is 19.6 Å². The third-order valence-corrected chi connectivity index (χ3v) is 2.59. The van der Waals surface area contributed by atoms with Crippen LogP contribution in [0.5, 0.6) is 0 Å². The van der Waals surface area contributed by atoms with Gasteiger partial charge in [-0.25, -0.2) is 4.57 Å². The molecule has 0 amide bonds. The van der Waals surface area contributed by atoms with E-state index in [9.17, 15) is 4.57 Å². The first-order chi connectivity index (χ1) is 8.08. The topological polar surface area (TPSA) is 76.0 Å². The zero-order valence-corrected chi connectivity index (χ0v) is 10.4. The zero-order valence-electron chi connectivity index (χ0n) is 9.49. The van der Waals surface area contributed by atoms with Crippen molar-refractivity contribution in [1.29, 1.82) is 0 Å². The molecule has 0 aromatic heterocycles. The van der Waals surface area contributed by atoms with Gasteiger partial charge in [-0.1, -0.05) is 30.3 Å². The summed E-state index contributed by atoms with van der Waals surface area (Å²) in [4.78, 5) is 16.8. The van der Waals surface area contributed by atoms with Crippen molar-refractivity contribution in [2.45, 2.75) is 12.8 Å². The molecule has 0 aliphatic rings. The van der Waals surface area contributed by atoms with Gasteiger partial charge >= 0.3 is 7.82 Å². The first kappa shape index (κ1) is 14.4. The molecule has 0 unspecified atom stereocenters. The van der Waals surface area contributed by atoms with E-state index in [1.807, 2.05) is 30.3 Å². The highest BCUT2D eigenvalue weighted by Gasteiger charge is 2.12. The van der Waals surface area contributed by atoms with Crippen molar-refractivity contribution in [3.63, 3.8) is 0 Å². The lowest BCUT2D eigenvalue weighted by Gasteiger charge is -2.06. The van der Waals surface area contributed by atoms with Gasteiger partial charge in [0.1, 0.15) is 0 Å². The molecule has 0 aliphatic heterocycles. The summed E-state index contributed by atoms with van der Waals surface area (Å²) in [7, 11) is -4.32. The third kappa shape index (κ3) is 8.07. The van der Waals surface area contributed by atoms with Gasteiger partial charge < -0.3 is 14.5 Å². The van der Waals surface area contributed by atoms with Crippen LogP contribution >= 0.6 is 7.82 Å². The van der Waals surface area contributed by atoms with Crippen molar-refractivity contribution in [2.24, 2.45) is 0 Å². The van der Waals surface area contributed by atoms with Gasteiger partial charge in [-0.3, -0.25) is 4.52 Å². The van der Waals surface area contributed by atoms with Crippen LogP contribution in [0, 0.1) is 0 Å². The lowest BCUT2D eigenvalue weighted by atomic mass is 10.2. The highest BCUT2D eigenvalue weighted by Crippen LogP contribution is 2.35. The summed E-state index contributed by atoms with van der Waals surface area (Å²) in [6.45, 7) is 1.04. The molecule has 0 spiro atoms. The highest BCUT2D eigenvalue weighted by atomic mass is 31.2. The fraction of sp³-hybridized carbons (Fsp3) is 0.455. The number of ether oxygens (including phenoxy) is 1. The third-order valence-electron chi connectivity index (χ3n) is 2.07.